The van der Waals surface area contributed by atoms with Gasteiger partial charge in [0.15, 0.2) is 5.82 Å². The smallest absolute Gasteiger partial charge is 0.325 e. The van der Waals surface area contributed by atoms with E-state index < -0.39 is 0 Å². The van der Waals surface area contributed by atoms with Gasteiger partial charge in [0.05, 0.1) is 18.6 Å². The average Bonchev–Trinajstić information content (AvgIpc) is 3.51. The molecule has 0 bridgehead atoms. The van der Waals surface area contributed by atoms with E-state index >= 15 is 0 Å². The lowest BCUT2D eigenvalue weighted by Crippen LogP contribution is -2.50. The molecule has 1 spiro atoms. The lowest BCUT2D eigenvalue weighted by molar-refractivity contribution is 0.0631. The fourth-order valence-corrected chi connectivity index (χ4v) is 5.89. The highest BCUT2D eigenvalue weighted by Crippen LogP contribution is 2.47. The summed E-state index contributed by atoms with van der Waals surface area (Å²) in [6, 6.07) is 15.0. The van der Waals surface area contributed by atoms with Gasteiger partial charge in [0.1, 0.15) is 0 Å². The number of urea groups is 1. The van der Waals surface area contributed by atoms with Crippen LogP contribution in [0, 0.1) is 11.3 Å². The molecular formula is C28H34ClN7O2. The summed E-state index contributed by atoms with van der Waals surface area (Å²) in [5.74, 6) is 0.837. The molecular weight excluding hydrogens is 502 g/mol. The van der Waals surface area contributed by atoms with E-state index in [0.717, 1.165) is 36.9 Å². The number of hydrogen-bond donors (Lipinski definition) is 2. The monoisotopic (exact) mass is 535 g/mol. The van der Waals surface area contributed by atoms with Crippen LogP contribution in [0.5, 0.6) is 0 Å². The molecule has 1 aromatic heterocycles. The lowest BCUT2D eigenvalue weighted by Gasteiger charge is -2.45. The van der Waals surface area contributed by atoms with Gasteiger partial charge in [-0.15, -0.1) is 10.2 Å². The second-order valence-corrected chi connectivity index (χ2v) is 11.9. The molecule has 0 atom stereocenters. The number of aromatic nitrogens is 4. The van der Waals surface area contributed by atoms with Crippen molar-refractivity contribution in [2.75, 3.05) is 11.4 Å². The van der Waals surface area contributed by atoms with Crippen LogP contribution < -0.4 is 10.2 Å². The van der Waals surface area contributed by atoms with Crippen molar-refractivity contribution in [1.82, 2.24) is 30.8 Å². The zero-order valence-corrected chi connectivity index (χ0v) is 22.8. The predicted octanol–water partition coefficient (Wildman–Crippen LogP) is 5.20. The standard InChI is InChI=1S/C28H34ClN7O2/c1-27(2,3)21-12-14-28(15-13-21)18-35(23-10-8-22(29)9-11-23)26(38)36(28)17-19-4-6-20(7-5-19)25(37)30-16-24-31-33-34-32-24/h4-11,21H,12-18H2,1-3H3,(H,30,37)(H,31,32,33,34). The number of nitrogens with one attached hydrogen (secondary N) is 2. The van der Waals surface area contributed by atoms with Crippen LogP contribution >= 0.6 is 11.6 Å². The fourth-order valence-electron chi connectivity index (χ4n) is 5.77. The second kappa shape index (κ2) is 10.4. The van der Waals surface area contributed by atoms with E-state index in [9.17, 15) is 9.59 Å². The van der Waals surface area contributed by atoms with E-state index in [2.05, 4.69) is 51.6 Å². The van der Waals surface area contributed by atoms with Crippen LogP contribution in [-0.4, -0.2) is 49.5 Å². The number of aromatic amines is 1. The molecule has 2 N–H and O–H groups in total. The van der Waals surface area contributed by atoms with Crippen molar-refractivity contribution in [3.05, 3.63) is 70.5 Å². The number of hydrogen-bond acceptors (Lipinski definition) is 5. The van der Waals surface area contributed by atoms with Gasteiger partial charge < -0.3 is 10.2 Å². The van der Waals surface area contributed by atoms with Crippen LogP contribution in [0.3, 0.4) is 0 Å². The third-order valence-electron chi connectivity index (χ3n) is 8.12. The van der Waals surface area contributed by atoms with Crippen LogP contribution in [0.25, 0.3) is 0 Å². The van der Waals surface area contributed by atoms with Gasteiger partial charge in [0, 0.05) is 22.8 Å². The number of H-pyrrole nitrogens is 1. The molecule has 3 aromatic rings. The molecule has 200 valence electrons. The summed E-state index contributed by atoms with van der Waals surface area (Å²) in [6.45, 7) is 8.29. The van der Waals surface area contributed by atoms with E-state index in [1.807, 2.05) is 41.3 Å². The van der Waals surface area contributed by atoms with Gasteiger partial charge in [-0.2, -0.15) is 5.21 Å². The zero-order valence-electron chi connectivity index (χ0n) is 22.1. The first-order valence-electron chi connectivity index (χ1n) is 13.1. The van der Waals surface area contributed by atoms with Crippen molar-refractivity contribution in [3.8, 4) is 0 Å². The first-order valence-corrected chi connectivity index (χ1v) is 13.5. The maximum atomic E-state index is 13.9. The minimum atomic E-state index is -0.223. The SMILES string of the molecule is CC(C)(C)C1CCC2(CC1)CN(c1ccc(Cl)cc1)C(=O)N2Cc1ccc(C(=O)NCc2nn[nH]n2)cc1. The van der Waals surface area contributed by atoms with Crippen molar-refractivity contribution in [2.24, 2.45) is 11.3 Å². The first-order chi connectivity index (χ1) is 18.1. The number of anilines is 1. The number of halogens is 1. The maximum Gasteiger partial charge on any atom is 0.325 e. The molecule has 5 rings (SSSR count). The maximum absolute atomic E-state index is 13.9. The van der Waals surface area contributed by atoms with Gasteiger partial charge in [-0.25, -0.2) is 4.79 Å². The molecule has 2 aromatic carbocycles. The van der Waals surface area contributed by atoms with Crippen molar-refractivity contribution in [1.29, 1.82) is 0 Å². The summed E-state index contributed by atoms with van der Waals surface area (Å²) in [7, 11) is 0. The van der Waals surface area contributed by atoms with Gasteiger partial charge >= 0.3 is 6.03 Å². The number of nitrogens with zero attached hydrogens (tertiary/aromatic N) is 5. The lowest BCUT2D eigenvalue weighted by atomic mass is 9.67. The molecule has 2 aliphatic rings. The highest BCUT2D eigenvalue weighted by atomic mass is 35.5. The minimum Gasteiger partial charge on any atom is -0.345 e. The Kier molecular flexibility index (Phi) is 7.13. The number of benzene rings is 2. The van der Waals surface area contributed by atoms with Crippen molar-refractivity contribution >= 4 is 29.2 Å². The number of tetrazole rings is 1. The molecule has 1 aliphatic heterocycles. The summed E-state index contributed by atoms with van der Waals surface area (Å²) in [4.78, 5) is 30.4. The van der Waals surface area contributed by atoms with E-state index in [1.165, 1.54) is 0 Å². The van der Waals surface area contributed by atoms with Crippen molar-refractivity contribution < 1.29 is 9.59 Å². The van der Waals surface area contributed by atoms with Gasteiger partial charge in [0.2, 0.25) is 0 Å². The third-order valence-corrected chi connectivity index (χ3v) is 8.37. The van der Waals surface area contributed by atoms with Crippen LogP contribution in [0.2, 0.25) is 5.02 Å². The minimum absolute atomic E-state index is 0.0171. The Hall–Kier alpha value is -3.46. The average molecular weight is 536 g/mol. The van der Waals surface area contributed by atoms with Crippen molar-refractivity contribution in [3.63, 3.8) is 0 Å². The first kappa shape index (κ1) is 26.2. The number of carbonyl (C=O) groups is 2. The largest absolute Gasteiger partial charge is 0.345 e. The summed E-state index contributed by atoms with van der Waals surface area (Å²) >= 11 is 6.12. The molecule has 9 nitrogen and oxygen atoms in total. The number of carbonyl (C=O) groups excluding carboxylic acids is 2. The molecule has 0 unspecified atom stereocenters. The highest BCUT2D eigenvalue weighted by molar-refractivity contribution is 6.30. The quantitative estimate of drug-likeness (QED) is 0.451. The third kappa shape index (κ3) is 5.38. The van der Waals surface area contributed by atoms with Gasteiger partial charge in [0.25, 0.3) is 5.91 Å². The molecule has 10 heteroatoms. The molecule has 38 heavy (non-hydrogen) atoms. The van der Waals surface area contributed by atoms with Gasteiger partial charge in [-0.05, 0) is 79.0 Å². The predicted molar refractivity (Wildman–Crippen MR) is 146 cm³/mol. The topological polar surface area (TPSA) is 107 Å². The molecule has 2 fully saturated rings. The Balaban J connectivity index is 1.34. The van der Waals surface area contributed by atoms with E-state index in [4.69, 9.17) is 11.6 Å². The Morgan fingerprint density at radius 2 is 1.79 bits per heavy atom. The molecule has 1 saturated heterocycles. The van der Waals surface area contributed by atoms with Gasteiger partial charge in [-0.3, -0.25) is 9.69 Å². The highest BCUT2D eigenvalue weighted by Gasteiger charge is 2.52. The van der Waals surface area contributed by atoms with Gasteiger partial charge in [-0.1, -0.05) is 49.7 Å². The molecule has 2 heterocycles. The Morgan fingerprint density at radius 1 is 1.11 bits per heavy atom. The summed E-state index contributed by atoms with van der Waals surface area (Å²) < 4.78 is 0. The van der Waals surface area contributed by atoms with E-state index in [-0.39, 0.29) is 29.4 Å². The van der Waals surface area contributed by atoms with Crippen LogP contribution in [0.15, 0.2) is 48.5 Å². The normalized spacial score (nSPS) is 21.8. The zero-order chi connectivity index (χ0) is 26.9. The molecule has 0 radical (unpaired) electrons. The second-order valence-electron chi connectivity index (χ2n) is 11.5. The van der Waals surface area contributed by atoms with Crippen molar-refractivity contribution in [2.45, 2.75) is 65.1 Å². The molecule has 3 amide bonds. The summed E-state index contributed by atoms with van der Waals surface area (Å²) in [6.07, 6.45) is 4.14. The fraction of sp³-hybridized carbons (Fsp3) is 0.464. The summed E-state index contributed by atoms with van der Waals surface area (Å²) in [5.41, 5.74) is 2.42. The molecule has 1 saturated carbocycles. The Labute approximate surface area is 227 Å². The van der Waals surface area contributed by atoms with Crippen LogP contribution in [0.4, 0.5) is 10.5 Å². The van der Waals surface area contributed by atoms with Crippen LogP contribution in [0.1, 0.15) is 68.2 Å². The van der Waals surface area contributed by atoms with E-state index in [0.29, 0.717) is 35.4 Å². The number of amides is 3. The summed E-state index contributed by atoms with van der Waals surface area (Å²) in [5, 5.41) is 17.0. The Morgan fingerprint density at radius 3 is 2.39 bits per heavy atom. The van der Waals surface area contributed by atoms with E-state index in [1.54, 1.807) is 12.1 Å². The molecule has 1 aliphatic carbocycles. The Bertz CT molecular complexity index is 1260. The van der Waals surface area contributed by atoms with Crippen LogP contribution in [-0.2, 0) is 13.1 Å². The number of rotatable bonds is 6.